The number of nitrogens with zero attached hydrogens (tertiary/aromatic N) is 4. The van der Waals surface area contributed by atoms with Crippen molar-refractivity contribution in [2.75, 3.05) is 38.0 Å². The van der Waals surface area contributed by atoms with Crippen molar-refractivity contribution in [1.82, 2.24) is 35.3 Å². The number of piperazine rings is 1. The highest BCUT2D eigenvalue weighted by Crippen LogP contribution is 2.41. The summed E-state index contributed by atoms with van der Waals surface area (Å²) >= 11 is 0. The lowest BCUT2D eigenvalue weighted by atomic mass is 9.86. The van der Waals surface area contributed by atoms with Gasteiger partial charge in [-0.05, 0) is 80.1 Å². The average molecular weight is 924 g/mol. The first-order chi connectivity index (χ1) is 32.0. The minimum Gasteiger partial charge on any atom is -0.458 e. The Morgan fingerprint density at radius 3 is 2.28 bits per heavy atom. The van der Waals surface area contributed by atoms with E-state index in [0.717, 1.165) is 16.5 Å². The number of carbonyl (C=O) groups excluding carboxylic acids is 6. The fourth-order valence-electron chi connectivity index (χ4n) is 8.65. The molecule has 1 saturated heterocycles. The zero-order chi connectivity index (χ0) is 48.2. The molecular formula is C47H57N9O11. The first-order valence-corrected chi connectivity index (χ1v) is 22.5. The van der Waals surface area contributed by atoms with E-state index in [9.17, 15) is 38.7 Å². The number of hydrogen-bond acceptors (Lipinski definition) is 13. The Bertz CT molecular complexity index is 2640. The molecule has 0 radical (unpaired) electrons. The number of aryl methyl sites for hydroxylation is 1. The number of rotatable bonds is 15. The van der Waals surface area contributed by atoms with Crippen LogP contribution in [0.25, 0.3) is 22.3 Å². The number of fused-ring (bicyclic) bond motifs is 5. The Labute approximate surface area is 386 Å². The van der Waals surface area contributed by atoms with E-state index in [1.54, 1.807) is 66.9 Å². The predicted molar refractivity (Wildman–Crippen MR) is 245 cm³/mol. The number of carbonyl (C=O) groups is 6. The van der Waals surface area contributed by atoms with Crippen LogP contribution in [0.2, 0.25) is 0 Å². The summed E-state index contributed by atoms with van der Waals surface area (Å²) in [6, 6.07) is 11.5. The smallest absolute Gasteiger partial charge is 0.415 e. The van der Waals surface area contributed by atoms with Crippen LogP contribution in [-0.4, -0.2) is 111 Å². The fourth-order valence-corrected chi connectivity index (χ4v) is 8.65. The van der Waals surface area contributed by atoms with E-state index in [1.165, 1.54) is 9.80 Å². The standard InChI is InChI=1S/C47H57N9O11/c1-6-31-32-21-30(14-15-36(32)52-39-33(31)23-56-38(39)22-35-34(42(56)59)25-65-43(60)47(35,64)7-2)67-46(63)55-19-17-54(18-20-55)45(62)66-24-28-10-12-29(13-11-28)51-41(58)37(9-8-16-49-44(48)61)53-40(57)27(5)50-26(3)4/h10-15,21-22,26-27,37,50,64H,6-9,16-20,23-25H2,1-5H3,(H,51,58)(H,53,57)(H3,48,49,61)/t27-,37-,47-/m0/s1. The van der Waals surface area contributed by atoms with Gasteiger partial charge in [-0.15, -0.1) is 0 Å². The molecule has 4 aromatic rings. The topological polar surface area (TPSA) is 266 Å². The summed E-state index contributed by atoms with van der Waals surface area (Å²) in [5, 5.41) is 23.2. The Morgan fingerprint density at radius 1 is 0.925 bits per heavy atom. The normalized spacial score (nSPS) is 17.1. The first-order valence-electron chi connectivity index (χ1n) is 22.5. The third-order valence-electron chi connectivity index (χ3n) is 12.3. The number of amides is 6. The SMILES string of the molecule is CCc1c2c(nc3ccc(OC(=O)N4CCN(C(=O)OCc5ccc(NC(=O)[C@H](CCCNC(N)=O)NC(=O)[C@H](C)NC(C)C)cc5)CC4)cc13)-c1cc3c(c(=O)n1C2)COC(=O)[C@]3(O)CC. The van der Waals surface area contributed by atoms with Crippen molar-refractivity contribution in [3.63, 3.8) is 0 Å². The van der Waals surface area contributed by atoms with Gasteiger partial charge in [0.25, 0.3) is 5.56 Å². The van der Waals surface area contributed by atoms with Crippen molar-refractivity contribution < 1.29 is 48.1 Å². The van der Waals surface area contributed by atoms with E-state index >= 15 is 0 Å². The molecule has 0 bridgehead atoms. The molecule has 3 atom stereocenters. The van der Waals surface area contributed by atoms with Crippen LogP contribution in [0.15, 0.2) is 53.3 Å². The molecule has 3 aliphatic rings. The fraction of sp³-hybridized carbons (Fsp3) is 0.447. The van der Waals surface area contributed by atoms with Crippen molar-refractivity contribution in [1.29, 1.82) is 0 Å². The second kappa shape index (κ2) is 20.2. The molecule has 5 heterocycles. The Balaban J connectivity index is 0.914. The van der Waals surface area contributed by atoms with E-state index in [2.05, 4.69) is 21.3 Å². The van der Waals surface area contributed by atoms with Crippen molar-refractivity contribution >= 4 is 52.6 Å². The van der Waals surface area contributed by atoms with Crippen LogP contribution in [-0.2, 0) is 55.6 Å². The summed E-state index contributed by atoms with van der Waals surface area (Å²) in [5.74, 6) is -1.27. The van der Waals surface area contributed by atoms with Crippen LogP contribution >= 0.6 is 0 Å². The number of primary amides is 1. The summed E-state index contributed by atoms with van der Waals surface area (Å²) in [5.41, 5.74) is 7.96. The van der Waals surface area contributed by atoms with E-state index in [-0.39, 0.29) is 94.0 Å². The molecule has 0 saturated carbocycles. The van der Waals surface area contributed by atoms with Crippen molar-refractivity contribution in [3.8, 4) is 17.1 Å². The van der Waals surface area contributed by atoms with E-state index < -0.39 is 47.8 Å². The highest BCUT2D eigenvalue weighted by molar-refractivity contribution is 5.98. The predicted octanol–water partition coefficient (Wildman–Crippen LogP) is 3.35. The quantitative estimate of drug-likeness (QED) is 0.0651. The van der Waals surface area contributed by atoms with Gasteiger partial charge >= 0.3 is 24.2 Å². The number of pyridine rings is 2. The maximum Gasteiger partial charge on any atom is 0.415 e. The van der Waals surface area contributed by atoms with Crippen molar-refractivity contribution in [2.45, 2.75) is 104 Å². The Kier molecular flexibility index (Phi) is 14.4. The van der Waals surface area contributed by atoms with Crippen LogP contribution in [0.3, 0.4) is 0 Å². The zero-order valence-corrected chi connectivity index (χ0v) is 38.2. The lowest BCUT2D eigenvalue weighted by molar-refractivity contribution is -0.172. The minimum atomic E-state index is -1.93. The Hall–Kier alpha value is -7.06. The van der Waals surface area contributed by atoms with Crippen LogP contribution < -0.4 is 37.3 Å². The molecule has 2 aromatic heterocycles. The molecule has 20 heteroatoms. The van der Waals surface area contributed by atoms with Gasteiger partial charge in [0.05, 0.1) is 35.1 Å². The highest BCUT2D eigenvalue weighted by atomic mass is 16.6. The van der Waals surface area contributed by atoms with Crippen molar-refractivity contribution in [3.05, 3.63) is 86.7 Å². The molecule has 67 heavy (non-hydrogen) atoms. The summed E-state index contributed by atoms with van der Waals surface area (Å²) in [6.07, 6.45) is 0.141. The van der Waals surface area contributed by atoms with Gasteiger partial charge in [-0.3, -0.25) is 14.4 Å². The molecule has 356 valence electrons. The molecule has 7 N–H and O–H groups in total. The molecule has 3 aliphatic heterocycles. The van der Waals surface area contributed by atoms with E-state index in [1.807, 2.05) is 20.8 Å². The van der Waals surface area contributed by atoms with Crippen LogP contribution in [0.1, 0.15) is 81.7 Å². The molecule has 20 nitrogen and oxygen atoms in total. The molecular weight excluding hydrogens is 867 g/mol. The third kappa shape index (κ3) is 10.3. The number of hydrogen-bond donors (Lipinski definition) is 6. The lowest BCUT2D eigenvalue weighted by Crippen LogP contribution is -2.51. The lowest BCUT2D eigenvalue weighted by Gasteiger charge is -2.33. The highest BCUT2D eigenvalue weighted by Gasteiger charge is 2.45. The van der Waals surface area contributed by atoms with Gasteiger partial charge in [0.15, 0.2) is 5.60 Å². The van der Waals surface area contributed by atoms with Crippen LogP contribution in [0.4, 0.5) is 20.1 Å². The van der Waals surface area contributed by atoms with Gasteiger partial charge in [-0.1, -0.05) is 39.8 Å². The van der Waals surface area contributed by atoms with Crippen LogP contribution in [0.5, 0.6) is 5.75 Å². The number of ether oxygens (including phenoxy) is 3. The maximum atomic E-state index is 13.7. The molecule has 7 rings (SSSR count). The maximum absolute atomic E-state index is 13.7. The largest absolute Gasteiger partial charge is 0.458 e. The van der Waals surface area contributed by atoms with Gasteiger partial charge in [0, 0.05) is 61.0 Å². The number of nitrogens with one attached hydrogen (secondary N) is 4. The summed E-state index contributed by atoms with van der Waals surface area (Å²) in [4.78, 5) is 97.8. The molecule has 0 unspecified atom stereocenters. The summed E-state index contributed by atoms with van der Waals surface area (Å²) < 4.78 is 18.2. The van der Waals surface area contributed by atoms with Gasteiger partial charge in [0.2, 0.25) is 11.8 Å². The van der Waals surface area contributed by atoms with Crippen LogP contribution in [0, 0.1) is 0 Å². The molecule has 1 fully saturated rings. The average Bonchev–Trinajstić information content (AvgIpc) is 3.68. The second-order valence-electron chi connectivity index (χ2n) is 17.2. The molecule has 0 aliphatic carbocycles. The van der Waals surface area contributed by atoms with Crippen molar-refractivity contribution in [2.24, 2.45) is 5.73 Å². The number of aromatic nitrogens is 2. The number of urea groups is 1. The minimum absolute atomic E-state index is 0.0372. The first kappa shape index (κ1) is 47.9. The summed E-state index contributed by atoms with van der Waals surface area (Å²) in [6.45, 7) is 10.2. The second-order valence-corrected chi connectivity index (χ2v) is 17.2. The molecule has 2 aromatic carbocycles. The van der Waals surface area contributed by atoms with Gasteiger partial charge in [0.1, 0.15) is 25.0 Å². The molecule has 0 spiro atoms. The zero-order valence-electron chi connectivity index (χ0n) is 38.2. The van der Waals surface area contributed by atoms with Gasteiger partial charge in [-0.2, -0.15) is 0 Å². The third-order valence-corrected chi connectivity index (χ3v) is 12.3. The molecule has 6 amide bonds. The number of benzene rings is 2. The number of esters is 1. The van der Waals surface area contributed by atoms with Gasteiger partial charge < -0.3 is 60.7 Å². The van der Waals surface area contributed by atoms with E-state index in [4.69, 9.17) is 24.9 Å². The number of anilines is 1. The monoisotopic (exact) mass is 923 g/mol. The van der Waals surface area contributed by atoms with Gasteiger partial charge in [-0.25, -0.2) is 24.2 Å². The number of nitrogens with two attached hydrogens (primary N) is 1. The summed E-state index contributed by atoms with van der Waals surface area (Å²) in [7, 11) is 0. The number of aliphatic hydroxyl groups is 1. The number of cyclic esters (lactones) is 1. The van der Waals surface area contributed by atoms with E-state index in [0.29, 0.717) is 46.7 Å². The Morgan fingerprint density at radius 2 is 1.63 bits per heavy atom.